The average Bonchev–Trinajstić information content (AvgIpc) is 2.45. The fourth-order valence-electron chi connectivity index (χ4n) is 3.02. The number of anilines is 1. The summed E-state index contributed by atoms with van der Waals surface area (Å²) < 4.78 is 11.2. The van der Waals surface area contributed by atoms with Crippen LogP contribution in [0.25, 0.3) is 0 Å². The van der Waals surface area contributed by atoms with Crippen LogP contribution in [0, 0.1) is 0 Å². The number of nitrogens with zero attached hydrogens (tertiary/aromatic N) is 1. The van der Waals surface area contributed by atoms with Crippen LogP contribution in [0.15, 0.2) is 18.2 Å². The number of ketones is 1. The number of ether oxygens (including phenoxy) is 2. The smallest absolute Gasteiger partial charge is 0.176 e. The molecule has 5 heteroatoms. The number of rotatable bonds is 3. The quantitative estimate of drug-likeness (QED) is 0.860. The van der Waals surface area contributed by atoms with E-state index in [0.29, 0.717) is 13.2 Å². The Labute approximate surface area is 125 Å². The molecule has 0 aliphatic carbocycles. The highest BCUT2D eigenvalue weighted by Crippen LogP contribution is 2.28. The summed E-state index contributed by atoms with van der Waals surface area (Å²) in [7, 11) is 0. The summed E-state index contributed by atoms with van der Waals surface area (Å²) in [6.07, 6.45) is 0.361. The molecule has 0 bridgehead atoms. The number of hydrogen-bond acceptors (Lipinski definition) is 5. The number of carbonyl (C=O) groups excluding carboxylic acids is 1. The van der Waals surface area contributed by atoms with E-state index in [1.807, 2.05) is 32.0 Å². The van der Waals surface area contributed by atoms with E-state index in [1.54, 1.807) is 0 Å². The lowest BCUT2D eigenvalue weighted by atomic mass is 10.1. The van der Waals surface area contributed by atoms with Crippen LogP contribution >= 0.6 is 0 Å². The summed E-state index contributed by atoms with van der Waals surface area (Å²) in [6.45, 7) is 7.61. The molecule has 2 aliphatic rings. The molecule has 2 heterocycles. The topological polar surface area (TPSA) is 50.8 Å². The van der Waals surface area contributed by atoms with Crippen molar-refractivity contribution in [2.45, 2.75) is 26.1 Å². The average molecular weight is 290 g/mol. The molecule has 1 N–H and O–H groups in total. The van der Waals surface area contributed by atoms with E-state index in [4.69, 9.17) is 9.47 Å². The Morgan fingerprint density at radius 1 is 1.33 bits per heavy atom. The van der Waals surface area contributed by atoms with E-state index in [-0.39, 0.29) is 18.0 Å². The second-order valence-electron chi connectivity index (χ2n) is 5.86. The maximum Gasteiger partial charge on any atom is 0.176 e. The van der Waals surface area contributed by atoms with E-state index in [9.17, 15) is 4.79 Å². The number of fused-ring (bicyclic) bond motifs is 1. The summed E-state index contributed by atoms with van der Waals surface area (Å²) in [5, 5.41) is 3.26. The predicted octanol–water partition coefficient (Wildman–Crippen LogP) is 1.78. The lowest BCUT2D eigenvalue weighted by molar-refractivity contribution is -0.0652. The summed E-state index contributed by atoms with van der Waals surface area (Å²) in [5.74, 6) is 0.970. The Hall–Kier alpha value is -1.59. The molecule has 0 radical (unpaired) electrons. The summed E-state index contributed by atoms with van der Waals surface area (Å²) in [6, 6.07) is 5.62. The van der Waals surface area contributed by atoms with Gasteiger partial charge in [0.05, 0.1) is 24.4 Å². The minimum Gasteiger partial charge on any atom is -0.490 e. The zero-order valence-corrected chi connectivity index (χ0v) is 12.6. The minimum absolute atomic E-state index is 0.145. The third kappa shape index (κ3) is 3.36. The Kier molecular flexibility index (Phi) is 4.12. The van der Waals surface area contributed by atoms with Crippen LogP contribution in [0.3, 0.4) is 0 Å². The molecule has 2 unspecified atom stereocenters. The normalized spacial score (nSPS) is 25.6. The van der Waals surface area contributed by atoms with Gasteiger partial charge in [0, 0.05) is 25.2 Å². The number of morpholine rings is 1. The largest absolute Gasteiger partial charge is 0.490 e. The van der Waals surface area contributed by atoms with Crippen molar-refractivity contribution in [2.75, 3.05) is 38.1 Å². The van der Waals surface area contributed by atoms with Crippen LogP contribution < -0.4 is 10.1 Å². The van der Waals surface area contributed by atoms with Crippen molar-refractivity contribution in [1.29, 1.82) is 0 Å². The molecule has 1 aromatic rings. The van der Waals surface area contributed by atoms with Gasteiger partial charge in [0.2, 0.25) is 0 Å². The maximum atomic E-state index is 12.5. The van der Waals surface area contributed by atoms with Gasteiger partial charge in [-0.3, -0.25) is 9.69 Å². The third-order valence-corrected chi connectivity index (χ3v) is 3.84. The standard InChI is InChI=1S/C16H22N2O3/c1-11-8-18(9-12(2)21-11)10-15(19)13-3-4-16-14(7-13)17-5-6-20-16/h3-4,7,11-12,17H,5-6,8-10H2,1-2H3. The van der Waals surface area contributed by atoms with Gasteiger partial charge in [0.25, 0.3) is 0 Å². The molecular formula is C16H22N2O3. The molecule has 2 atom stereocenters. The van der Waals surface area contributed by atoms with Crippen molar-refractivity contribution in [3.8, 4) is 5.75 Å². The second kappa shape index (κ2) is 6.03. The molecule has 21 heavy (non-hydrogen) atoms. The Morgan fingerprint density at radius 3 is 2.86 bits per heavy atom. The number of Topliss-reactive ketones (excluding diaryl/α,β-unsaturated/α-hetero) is 1. The molecule has 2 aliphatic heterocycles. The van der Waals surface area contributed by atoms with Gasteiger partial charge in [-0.1, -0.05) is 0 Å². The van der Waals surface area contributed by atoms with Crippen LogP contribution in [0.2, 0.25) is 0 Å². The highest BCUT2D eigenvalue weighted by molar-refractivity contribution is 5.98. The monoisotopic (exact) mass is 290 g/mol. The molecule has 5 nitrogen and oxygen atoms in total. The summed E-state index contributed by atoms with van der Waals surface area (Å²) in [5.41, 5.74) is 1.65. The van der Waals surface area contributed by atoms with E-state index in [2.05, 4.69) is 10.2 Å². The molecular weight excluding hydrogens is 268 g/mol. The van der Waals surface area contributed by atoms with Crippen LogP contribution in [0.4, 0.5) is 5.69 Å². The van der Waals surface area contributed by atoms with Gasteiger partial charge in [-0.05, 0) is 32.0 Å². The highest BCUT2D eigenvalue weighted by atomic mass is 16.5. The second-order valence-corrected chi connectivity index (χ2v) is 5.86. The summed E-state index contributed by atoms with van der Waals surface area (Å²) >= 11 is 0. The van der Waals surface area contributed by atoms with Crippen molar-refractivity contribution in [3.05, 3.63) is 23.8 Å². The SMILES string of the molecule is CC1CN(CC(=O)c2ccc3c(c2)NCCO3)CC(C)O1. The van der Waals surface area contributed by atoms with E-state index in [0.717, 1.165) is 36.6 Å². The van der Waals surface area contributed by atoms with Crippen LogP contribution in [0.1, 0.15) is 24.2 Å². The van der Waals surface area contributed by atoms with Crippen molar-refractivity contribution in [1.82, 2.24) is 4.90 Å². The Bertz CT molecular complexity index is 522. The maximum absolute atomic E-state index is 12.5. The van der Waals surface area contributed by atoms with Crippen LogP contribution in [0.5, 0.6) is 5.75 Å². The molecule has 0 aromatic heterocycles. The first kappa shape index (κ1) is 14.4. The van der Waals surface area contributed by atoms with Crippen molar-refractivity contribution in [2.24, 2.45) is 0 Å². The van der Waals surface area contributed by atoms with E-state index in [1.165, 1.54) is 0 Å². The lowest BCUT2D eigenvalue weighted by Gasteiger charge is -2.34. The van der Waals surface area contributed by atoms with Crippen molar-refractivity contribution in [3.63, 3.8) is 0 Å². The molecule has 1 aromatic carbocycles. The number of nitrogens with one attached hydrogen (secondary N) is 1. The van der Waals surface area contributed by atoms with Gasteiger partial charge < -0.3 is 14.8 Å². The Balaban J connectivity index is 1.67. The first-order valence-corrected chi connectivity index (χ1v) is 7.53. The third-order valence-electron chi connectivity index (χ3n) is 3.84. The lowest BCUT2D eigenvalue weighted by Crippen LogP contribution is -2.47. The fraction of sp³-hybridized carbons (Fsp3) is 0.562. The molecule has 1 saturated heterocycles. The molecule has 114 valence electrons. The Morgan fingerprint density at radius 2 is 2.10 bits per heavy atom. The van der Waals surface area contributed by atoms with E-state index >= 15 is 0 Å². The van der Waals surface area contributed by atoms with Gasteiger partial charge in [0.15, 0.2) is 5.78 Å². The van der Waals surface area contributed by atoms with Crippen LogP contribution in [-0.4, -0.2) is 55.7 Å². The first-order valence-electron chi connectivity index (χ1n) is 7.53. The zero-order chi connectivity index (χ0) is 14.8. The fourth-order valence-corrected chi connectivity index (χ4v) is 3.02. The number of carbonyl (C=O) groups is 1. The van der Waals surface area contributed by atoms with Gasteiger partial charge in [-0.15, -0.1) is 0 Å². The van der Waals surface area contributed by atoms with E-state index < -0.39 is 0 Å². The van der Waals surface area contributed by atoms with Crippen molar-refractivity contribution >= 4 is 11.5 Å². The van der Waals surface area contributed by atoms with Crippen molar-refractivity contribution < 1.29 is 14.3 Å². The van der Waals surface area contributed by atoms with Gasteiger partial charge in [-0.25, -0.2) is 0 Å². The highest BCUT2D eigenvalue weighted by Gasteiger charge is 2.24. The molecule has 3 rings (SSSR count). The molecule has 1 fully saturated rings. The number of hydrogen-bond donors (Lipinski definition) is 1. The van der Waals surface area contributed by atoms with Gasteiger partial charge in [-0.2, -0.15) is 0 Å². The van der Waals surface area contributed by atoms with Gasteiger partial charge in [0.1, 0.15) is 12.4 Å². The minimum atomic E-state index is 0.145. The number of benzene rings is 1. The molecule has 0 amide bonds. The molecule has 0 spiro atoms. The summed E-state index contributed by atoms with van der Waals surface area (Å²) in [4.78, 5) is 14.6. The predicted molar refractivity (Wildman–Crippen MR) is 81.2 cm³/mol. The zero-order valence-electron chi connectivity index (χ0n) is 12.6. The van der Waals surface area contributed by atoms with Gasteiger partial charge >= 0.3 is 0 Å². The molecule has 0 saturated carbocycles. The van der Waals surface area contributed by atoms with Crippen LogP contribution in [-0.2, 0) is 4.74 Å². The first-order chi connectivity index (χ1) is 10.1.